The van der Waals surface area contributed by atoms with Gasteiger partial charge in [0.15, 0.2) is 0 Å². The Morgan fingerprint density at radius 1 is 0.410 bits per heavy atom. The van der Waals surface area contributed by atoms with Crippen LogP contribution < -0.4 is 0 Å². The summed E-state index contributed by atoms with van der Waals surface area (Å²) in [5, 5.41) is 48.5. The van der Waals surface area contributed by atoms with Gasteiger partial charge in [-0.15, -0.1) is 0 Å². The predicted octanol–water partition coefficient (Wildman–Crippen LogP) is -4.02. The average molecular weight is 606 g/mol. The number of carboxylic acids is 3. The second kappa shape index (κ2) is 27.7. The van der Waals surface area contributed by atoms with Crippen molar-refractivity contribution in [2.24, 2.45) is 0 Å². The summed E-state index contributed by atoms with van der Waals surface area (Å²) in [6, 6.07) is 0. The normalized spacial score (nSPS) is 10.8. The number of methoxy groups -OCH3 is 3. The first kappa shape index (κ1) is 50.0. The molecule has 0 aromatic heterocycles. The molecule has 39 heavy (non-hydrogen) atoms. The van der Waals surface area contributed by atoms with Crippen molar-refractivity contribution in [3.8, 4) is 0 Å². The molecule has 0 aliphatic heterocycles. The summed E-state index contributed by atoms with van der Waals surface area (Å²) in [4.78, 5) is 91.2. The van der Waals surface area contributed by atoms with Gasteiger partial charge in [-0.1, -0.05) is 0 Å². The number of aliphatic carboxylic acids is 3. The van der Waals surface area contributed by atoms with Crippen molar-refractivity contribution in [2.45, 2.75) is 18.3 Å². The molecule has 3 unspecified atom stereocenters. The Bertz CT molecular complexity index is 748. The number of hydrogen-bond donors (Lipinski definition) is 6. The van der Waals surface area contributed by atoms with Crippen molar-refractivity contribution >= 4 is 143 Å². The zero-order chi connectivity index (χ0) is 29.2. The van der Waals surface area contributed by atoms with Crippen molar-refractivity contribution in [3.63, 3.8) is 0 Å². The van der Waals surface area contributed by atoms with E-state index in [1.165, 1.54) is 0 Å². The summed E-state index contributed by atoms with van der Waals surface area (Å²) >= 11 is 0. The Kier molecular flexibility index (Phi) is 35.5. The van der Waals surface area contributed by atoms with Crippen LogP contribution in [-0.4, -0.2) is 213 Å². The van der Waals surface area contributed by atoms with Crippen molar-refractivity contribution in [2.75, 3.05) is 21.3 Å². The standard InChI is InChI=1S/3C5H6O7.3Na.3H/c3*1-11-2(3(6)7)4(8)12-5(9)10;;;;;;/h3*2H,1H3,(H,6,7)(H,9,10);;;;;;. The van der Waals surface area contributed by atoms with E-state index in [2.05, 4.69) is 28.4 Å². The second-order valence-corrected chi connectivity index (χ2v) is 4.92. The van der Waals surface area contributed by atoms with Gasteiger partial charge in [-0.05, 0) is 0 Å². The molecule has 0 aromatic carbocycles. The molecule has 0 amide bonds. The third-order valence-corrected chi connectivity index (χ3v) is 2.59. The Morgan fingerprint density at radius 2 is 0.564 bits per heavy atom. The van der Waals surface area contributed by atoms with Crippen LogP contribution in [0.3, 0.4) is 0 Å². The third-order valence-electron chi connectivity index (χ3n) is 2.59. The molecule has 0 rings (SSSR count). The van der Waals surface area contributed by atoms with Gasteiger partial charge in [0.25, 0.3) is 18.3 Å². The third kappa shape index (κ3) is 26.1. The molecule has 3 atom stereocenters. The van der Waals surface area contributed by atoms with E-state index in [9.17, 15) is 43.2 Å². The van der Waals surface area contributed by atoms with Gasteiger partial charge >= 0.3 is 143 Å². The van der Waals surface area contributed by atoms with Crippen LogP contribution in [0.2, 0.25) is 0 Å². The molecule has 0 heterocycles. The summed E-state index contributed by atoms with van der Waals surface area (Å²) in [5.74, 6) is -9.25. The van der Waals surface area contributed by atoms with Gasteiger partial charge < -0.3 is 59.1 Å². The summed E-state index contributed by atoms with van der Waals surface area (Å²) in [6.45, 7) is 0. The minimum absolute atomic E-state index is 0. The Labute approximate surface area is 282 Å². The molecule has 0 saturated carbocycles. The molecule has 210 valence electrons. The van der Waals surface area contributed by atoms with Gasteiger partial charge in [0.05, 0.1) is 0 Å². The number of esters is 3. The first-order chi connectivity index (χ1) is 16.5. The fourth-order valence-corrected chi connectivity index (χ4v) is 1.31. The van der Waals surface area contributed by atoms with Crippen molar-refractivity contribution in [1.82, 2.24) is 0 Å². The Hall–Kier alpha value is -1.89. The fourth-order valence-electron chi connectivity index (χ4n) is 1.31. The zero-order valence-electron chi connectivity index (χ0n) is 18.0. The Morgan fingerprint density at radius 3 is 0.641 bits per heavy atom. The van der Waals surface area contributed by atoms with Crippen molar-refractivity contribution < 1.29 is 102 Å². The number of carbonyl (C=O) groups is 9. The molecular weight excluding hydrogens is 585 g/mol. The quantitative estimate of drug-likeness (QED) is 0.0629. The molecule has 0 saturated heterocycles. The second-order valence-electron chi connectivity index (χ2n) is 4.92. The molecule has 0 radical (unpaired) electrons. The van der Waals surface area contributed by atoms with Crippen LogP contribution >= 0.6 is 0 Å². The van der Waals surface area contributed by atoms with E-state index in [4.69, 9.17) is 30.6 Å². The Balaban J connectivity index is -0.000000101. The number of carboxylic acid groups (broad SMARTS) is 6. The molecular formula is C15H21Na3O21. The van der Waals surface area contributed by atoms with Crippen LogP contribution in [0.15, 0.2) is 0 Å². The first-order valence-electron chi connectivity index (χ1n) is 8.07. The van der Waals surface area contributed by atoms with E-state index >= 15 is 0 Å². The summed E-state index contributed by atoms with van der Waals surface area (Å²) in [6.07, 6.45) is -11.3. The van der Waals surface area contributed by atoms with Crippen LogP contribution in [0, 0.1) is 0 Å². The van der Waals surface area contributed by atoms with Crippen LogP contribution in [0.25, 0.3) is 0 Å². The monoisotopic (exact) mass is 606 g/mol. The molecule has 6 N–H and O–H groups in total. The van der Waals surface area contributed by atoms with Crippen LogP contribution in [0.5, 0.6) is 0 Å². The fraction of sp³-hybridized carbons (Fsp3) is 0.400. The number of rotatable bonds is 9. The van der Waals surface area contributed by atoms with Crippen molar-refractivity contribution in [1.29, 1.82) is 0 Å². The van der Waals surface area contributed by atoms with Gasteiger partial charge in [-0.2, -0.15) is 0 Å². The van der Waals surface area contributed by atoms with E-state index < -0.39 is 72.6 Å². The van der Waals surface area contributed by atoms with Crippen LogP contribution in [-0.2, 0) is 57.2 Å². The van der Waals surface area contributed by atoms with Gasteiger partial charge in [0.2, 0.25) is 0 Å². The van der Waals surface area contributed by atoms with Gasteiger partial charge in [-0.3, -0.25) is 0 Å². The van der Waals surface area contributed by atoms with E-state index in [0.29, 0.717) is 0 Å². The van der Waals surface area contributed by atoms with Crippen LogP contribution in [0.1, 0.15) is 0 Å². The molecule has 0 bridgehead atoms. The van der Waals surface area contributed by atoms with E-state index in [-0.39, 0.29) is 88.7 Å². The average Bonchev–Trinajstić information content (AvgIpc) is 2.67. The molecule has 0 aliphatic rings. The summed E-state index contributed by atoms with van der Waals surface area (Å²) < 4.78 is 23.0. The molecule has 24 heteroatoms. The number of ether oxygens (including phenoxy) is 6. The minimum atomic E-state index is -1.90. The zero-order valence-corrected chi connectivity index (χ0v) is 18.0. The van der Waals surface area contributed by atoms with Gasteiger partial charge in [0, 0.05) is 21.3 Å². The predicted molar refractivity (Wildman–Crippen MR) is 119 cm³/mol. The van der Waals surface area contributed by atoms with Crippen molar-refractivity contribution in [3.05, 3.63) is 0 Å². The number of hydrogen-bond acceptors (Lipinski definition) is 15. The maximum absolute atomic E-state index is 10.5. The first-order valence-corrected chi connectivity index (χ1v) is 8.07. The maximum atomic E-state index is 10.5. The molecule has 0 aliphatic carbocycles. The van der Waals surface area contributed by atoms with E-state index in [1.807, 2.05) is 0 Å². The molecule has 0 aromatic rings. The number of carbonyl (C=O) groups excluding carboxylic acids is 3. The molecule has 21 nitrogen and oxygen atoms in total. The van der Waals surface area contributed by atoms with Gasteiger partial charge in [-0.25, -0.2) is 43.2 Å². The van der Waals surface area contributed by atoms with Crippen LogP contribution in [0.4, 0.5) is 14.4 Å². The molecule has 0 fully saturated rings. The topological polar surface area (TPSA) is 330 Å². The van der Waals surface area contributed by atoms with Gasteiger partial charge in [0.1, 0.15) is 0 Å². The SMILES string of the molecule is COC(C(=O)O)C(=O)OC(=O)O.COC(C(=O)O)C(=O)OC(=O)O.COC(C(=O)O)C(=O)OC(=O)O.[NaH].[NaH].[NaH]. The van der Waals surface area contributed by atoms with E-state index in [0.717, 1.165) is 21.3 Å². The molecule has 0 spiro atoms. The summed E-state index contributed by atoms with van der Waals surface area (Å²) in [7, 11) is 2.84. The van der Waals surface area contributed by atoms with E-state index in [1.54, 1.807) is 0 Å². The summed E-state index contributed by atoms with van der Waals surface area (Å²) in [5.41, 5.74) is 0.